The van der Waals surface area contributed by atoms with Crippen molar-refractivity contribution in [3.8, 4) is 0 Å². The minimum atomic E-state index is -3.39. The smallest absolute Gasteiger partial charge is 0.261 e. The van der Waals surface area contributed by atoms with Crippen LogP contribution < -0.4 is 5.73 Å². The van der Waals surface area contributed by atoms with E-state index >= 15 is 0 Å². The van der Waals surface area contributed by atoms with Crippen LogP contribution in [0.4, 0.5) is 8.78 Å². The lowest BCUT2D eigenvalue weighted by molar-refractivity contribution is -0.137. The van der Waals surface area contributed by atoms with Gasteiger partial charge in [-0.25, -0.2) is 8.78 Å². The Balaban J connectivity index is 3.27. The van der Waals surface area contributed by atoms with Gasteiger partial charge in [0.1, 0.15) is 0 Å². The fourth-order valence-electron chi connectivity index (χ4n) is 2.70. The fourth-order valence-corrected chi connectivity index (χ4v) is 3.73. The van der Waals surface area contributed by atoms with Crippen molar-refractivity contribution in [3.63, 3.8) is 0 Å². The van der Waals surface area contributed by atoms with Crippen molar-refractivity contribution in [2.45, 2.75) is 39.7 Å². The number of benzene rings is 1. The maximum atomic E-state index is 13.7. The molecule has 0 spiro atoms. The Hall–Kier alpha value is -1.28. The Morgan fingerprint density at radius 2 is 1.66 bits per heavy atom. The van der Waals surface area contributed by atoms with Gasteiger partial charge < -0.3 is 16.0 Å². The van der Waals surface area contributed by atoms with Crippen molar-refractivity contribution in [1.29, 1.82) is 5.41 Å². The van der Waals surface area contributed by atoms with Gasteiger partial charge in [-0.1, -0.05) is 55.6 Å². The number of ketones is 1. The first kappa shape index (κ1) is 25.8. The van der Waals surface area contributed by atoms with Crippen molar-refractivity contribution < 1.29 is 18.4 Å². The predicted molar refractivity (Wildman–Crippen MR) is 113 cm³/mol. The predicted octanol–water partition coefficient (Wildman–Crippen LogP) is 4.95. The number of alkyl halides is 2. The van der Waals surface area contributed by atoms with Crippen LogP contribution >= 0.6 is 34.8 Å². The minimum absolute atomic E-state index is 0.0102. The van der Waals surface area contributed by atoms with Crippen LogP contribution in [0, 0.1) is 16.7 Å². The van der Waals surface area contributed by atoms with Crippen molar-refractivity contribution in [1.82, 2.24) is 4.90 Å². The number of carbonyl (C=O) groups is 2. The Morgan fingerprint density at radius 3 is 2.03 bits per heavy atom. The van der Waals surface area contributed by atoms with E-state index in [0.29, 0.717) is 13.1 Å². The molecule has 0 heterocycles. The van der Waals surface area contributed by atoms with Gasteiger partial charge in [-0.15, -0.1) is 0 Å². The second-order valence-electron chi connectivity index (χ2n) is 8.10. The molecular weight excluding hydrogens is 447 g/mol. The van der Waals surface area contributed by atoms with Gasteiger partial charge >= 0.3 is 0 Å². The van der Waals surface area contributed by atoms with E-state index in [0.717, 1.165) is 4.90 Å². The lowest BCUT2D eigenvalue weighted by Crippen LogP contribution is -2.54. The van der Waals surface area contributed by atoms with Crippen molar-refractivity contribution in [2.75, 3.05) is 13.1 Å². The summed E-state index contributed by atoms with van der Waals surface area (Å²) in [5.41, 5.74) is 5.03. The largest absolute Gasteiger partial charge is 0.334 e. The average Bonchev–Trinajstić information content (AvgIpc) is 2.51. The number of halogens is 5. The Morgan fingerprint density at radius 1 is 1.17 bits per heavy atom. The standard InChI is InChI=1S/C19H24Cl3F2N3O2/c1-18(2,3)9-27(17(29)11(7-25)16(26)19(4,23)24)8-14(28)15-12(21)5-10(20)6-13(15)22/h5-7,11,16,25H,8-9,26H2,1-4H3. The van der Waals surface area contributed by atoms with Crippen molar-refractivity contribution in [3.05, 3.63) is 32.8 Å². The topological polar surface area (TPSA) is 87.2 Å². The molecule has 29 heavy (non-hydrogen) atoms. The summed E-state index contributed by atoms with van der Waals surface area (Å²) in [6.07, 6.45) is 0.576. The zero-order valence-corrected chi connectivity index (χ0v) is 18.8. The van der Waals surface area contributed by atoms with Crippen LogP contribution in [-0.4, -0.2) is 47.9 Å². The van der Waals surface area contributed by atoms with E-state index in [1.54, 1.807) is 0 Å². The van der Waals surface area contributed by atoms with E-state index < -0.39 is 41.5 Å². The van der Waals surface area contributed by atoms with Gasteiger partial charge in [0.05, 0.1) is 34.1 Å². The molecule has 1 amide bonds. The maximum absolute atomic E-state index is 13.7. The molecular formula is C19H24Cl3F2N3O2. The van der Waals surface area contributed by atoms with E-state index in [1.807, 2.05) is 20.8 Å². The Labute approximate surface area is 184 Å². The molecule has 0 saturated carbocycles. The zero-order chi connectivity index (χ0) is 22.7. The number of nitrogens with zero attached hydrogens (tertiary/aromatic N) is 1. The molecule has 2 unspecified atom stereocenters. The third kappa shape index (κ3) is 7.17. The van der Waals surface area contributed by atoms with E-state index in [9.17, 15) is 18.4 Å². The van der Waals surface area contributed by atoms with Crippen LogP contribution in [0.2, 0.25) is 15.1 Å². The van der Waals surface area contributed by atoms with Crippen LogP contribution in [0.25, 0.3) is 0 Å². The summed E-state index contributed by atoms with van der Waals surface area (Å²) in [6, 6.07) is 0.769. The summed E-state index contributed by atoms with van der Waals surface area (Å²) in [5, 5.41) is 7.69. The number of hydrogen-bond acceptors (Lipinski definition) is 4. The molecule has 5 nitrogen and oxygen atoms in total. The van der Waals surface area contributed by atoms with Gasteiger partial charge in [0, 0.05) is 24.7 Å². The third-order valence-corrected chi connectivity index (χ3v) is 4.85. The number of hydrogen-bond donors (Lipinski definition) is 2. The van der Waals surface area contributed by atoms with Crippen LogP contribution in [0.3, 0.4) is 0 Å². The zero-order valence-electron chi connectivity index (χ0n) is 16.5. The first-order valence-electron chi connectivity index (χ1n) is 8.69. The van der Waals surface area contributed by atoms with Crippen molar-refractivity contribution >= 4 is 52.7 Å². The Kier molecular flexibility index (Phi) is 8.60. The van der Waals surface area contributed by atoms with Crippen LogP contribution in [0.1, 0.15) is 38.1 Å². The molecule has 0 saturated heterocycles. The second kappa shape index (κ2) is 9.69. The molecule has 0 aliphatic rings. The molecule has 2 atom stereocenters. The van der Waals surface area contributed by atoms with Gasteiger partial charge in [0.2, 0.25) is 5.91 Å². The molecule has 1 rings (SSSR count). The fraction of sp³-hybridized carbons (Fsp3) is 0.526. The highest BCUT2D eigenvalue weighted by atomic mass is 35.5. The summed E-state index contributed by atoms with van der Waals surface area (Å²) < 4.78 is 27.3. The van der Waals surface area contributed by atoms with Crippen LogP contribution in [0.5, 0.6) is 0 Å². The summed E-state index contributed by atoms with van der Waals surface area (Å²) in [5.74, 6) is -6.42. The molecule has 3 N–H and O–H groups in total. The number of nitrogens with two attached hydrogens (primary N) is 1. The van der Waals surface area contributed by atoms with Gasteiger partial charge in [0.15, 0.2) is 5.78 Å². The van der Waals surface area contributed by atoms with Gasteiger partial charge in [0.25, 0.3) is 5.92 Å². The molecule has 1 aromatic rings. The van der Waals surface area contributed by atoms with E-state index in [4.69, 9.17) is 45.9 Å². The molecule has 0 radical (unpaired) electrons. The van der Waals surface area contributed by atoms with Crippen LogP contribution in [-0.2, 0) is 4.79 Å². The lowest BCUT2D eigenvalue weighted by atomic mass is 9.92. The minimum Gasteiger partial charge on any atom is -0.334 e. The molecule has 162 valence electrons. The molecule has 10 heteroatoms. The second-order valence-corrected chi connectivity index (χ2v) is 9.35. The van der Waals surface area contributed by atoms with Gasteiger partial charge in [-0.05, 0) is 17.5 Å². The first-order chi connectivity index (χ1) is 13.1. The summed E-state index contributed by atoms with van der Waals surface area (Å²) in [7, 11) is 0. The molecule has 0 aliphatic heterocycles. The molecule has 0 aromatic heterocycles. The van der Waals surface area contributed by atoms with Crippen molar-refractivity contribution in [2.24, 2.45) is 17.1 Å². The molecule has 1 aromatic carbocycles. The van der Waals surface area contributed by atoms with Gasteiger partial charge in [-0.3, -0.25) is 9.59 Å². The number of rotatable bonds is 8. The SMILES string of the molecule is CC(C)(C)CN(CC(=O)c1c(Cl)cc(Cl)cc1Cl)C(=O)C(C=N)C(N)C(C)(F)F. The quantitative estimate of drug-likeness (QED) is 0.416. The van der Waals surface area contributed by atoms with Crippen LogP contribution in [0.15, 0.2) is 12.1 Å². The monoisotopic (exact) mass is 469 g/mol. The highest BCUT2D eigenvalue weighted by molar-refractivity contribution is 6.42. The third-order valence-electron chi connectivity index (χ3n) is 4.03. The Bertz CT molecular complexity index is 769. The highest BCUT2D eigenvalue weighted by Gasteiger charge is 2.42. The normalized spacial score (nSPS) is 14.3. The van der Waals surface area contributed by atoms with E-state index in [2.05, 4.69) is 0 Å². The maximum Gasteiger partial charge on any atom is 0.261 e. The average molecular weight is 471 g/mol. The summed E-state index contributed by atoms with van der Waals surface area (Å²) >= 11 is 18.0. The number of amides is 1. The van der Waals surface area contributed by atoms with Gasteiger partial charge in [-0.2, -0.15) is 0 Å². The summed E-state index contributed by atoms with van der Waals surface area (Å²) in [6.45, 7) is 5.61. The molecule has 0 bridgehead atoms. The van der Waals surface area contributed by atoms with E-state index in [-0.39, 0.29) is 27.2 Å². The number of Topliss-reactive ketones (excluding diaryl/α,β-unsaturated/α-hetero) is 1. The molecule has 0 aliphatic carbocycles. The lowest BCUT2D eigenvalue weighted by Gasteiger charge is -2.34. The number of carbonyl (C=O) groups excluding carboxylic acids is 2. The molecule has 0 fully saturated rings. The highest BCUT2D eigenvalue weighted by Crippen LogP contribution is 2.30. The summed E-state index contributed by atoms with van der Waals surface area (Å²) in [4.78, 5) is 26.9. The van der Waals surface area contributed by atoms with E-state index in [1.165, 1.54) is 12.1 Å². The number of nitrogens with one attached hydrogen (secondary N) is 1. The first-order valence-corrected chi connectivity index (χ1v) is 9.82.